The first-order chi connectivity index (χ1) is 8.77. The molecule has 0 spiro atoms. The standard InChI is InChI=1S/C14H19FN2S/c1-18-9-5-3-2-4-8-17-14-7-6-12(11-16)10-13(14)15/h6-7,10,17H,2-5,8-9H2,1H3. The lowest BCUT2D eigenvalue weighted by molar-refractivity contribution is 0.627. The molecule has 2 nitrogen and oxygen atoms in total. The van der Waals surface area contributed by atoms with Crippen molar-refractivity contribution in [2.75, 3.05) is 23.9 Å². The first-order valence-electron chi connectivity index (χ1n) is 6.20. The van der Waals surface area contributed by atoms with Crippen molar-refractivity contribution in [2.24, 2.45) is 0 Å². The predicted octanol–water partition coefficient (Wildman–Crippen LogP) is 4.03. The van der Waals surface area contributed by atoms with Crippen molar-refractivity contribution >= 4 is 17.4 Å². The third-order valence-corrected chi connectivity index (χ3v) is 3.39. The molecule has 1 aromatic carbocycles. The molecule has 1 N–H and O–H groups in total. The van der Waals surface area contributed by atoms with Crippen molar-refractivity contribution in [1.82, 2.24) is 0 Å². The van der Waals surface area contributed by atoms with E-state index in [9.17, 15) is 4.39 Å². The summed E-state index contributed by atoms with van der Waals surface area (Å²) in [6, 6.07) is 6.44. The van der Waals surface area contributed by atoms with Crippen LogP contribution in [0.25, 0.3) is 0 Å². The zero-order valence-electron chi connectivity index (χ0n) is 10.7. The molecule has 0 aliphatic rings. The van der Waals surface area contributed by atoms with Gasteiger partial charge in [-0.3, -0.25) is 0 Å². The van der Waals surface area contributed by atoms with Gasteiger partial charge in [0.25, 0.3) is 0 Å². The quantitative estimate of drug-likeness (QED) is 0.721. The van der Waals surface area contributed by atoms with E-state index in [1.165, 1.54) is 31.1 Å². The second-order valence-corrected chi connectivity index (χ2v) is 5.13. The van der Waals surface area contributed by atoms with Crippen molar-refractivity contribution in [1.29, 1.82) is 5.26 Å². The summed E-state index contributed by atoms with van der Waals surface area (Å²) in [7, 11) is 0. The third-order valence-electron chi connectivity index (χ3n) is 2.69. The van der Waals surface area contributed by atoms with E-state index in [1.807, 2.05) is 17.8 Å². The number of unbranched alkanes of at least 4 members (excludes halogenated alkanes) is 3. The summed E-state index contributed by atoms with van der Waals surface area (Å²) in [5.41, 5.74) is 0.841. The van der Waals surface area contributed by atoms with Crippen molar-refractivity contribution in [3.63, 3.8) is 0 Å². The van der Waals surface area contributed by atoms with Gasteiger partial charge in [-0.25, -0.2) is 4.39 Å². The maximum Gasteiger partial charge on any atom is 0.147 e. The van der Waals surface area contributed by atoms with Crippen LogP contribution in [0.1, 0.15) is 31.2 Å². The average Bonchev–Trinajstić information content (AvgIpc) is 2.39. The Labute approximate surface area is 113 Å². The molecule has 1 aromatic rings. The molecule has 0 aromatic heterocycles. The number of rotatable bonds is 8. The molecule has 0 amide bonds. The fourth-order valence-corrected chi connectivity index (χ4v) is 2.17. The molecule has 0 radical (unpaired) electrons. The molecule has 98 valence electrons. The van der Waals surface area contributed by atoms with Gasteiger partial charge in [0.2, 0.25) is 0 Å². The van der Waals surface area contributed by atoms with Gasteiger partial charge in [-0.1, -0.05) is 12.8 Å². The molecule has 0 heterocycles. The number of halogens is 1. The minimum absolute atomic E-state index is 0.351. The fourth-order valence-electron chi connectivity index (χ4n) is 1.68. The van der Waals surface area contributed by atoms with E-state index >= 15 is 0 Å². The van der Waals surface area contributed by atoms with Crippen molar-refractivity contribution in [3.8, 4) is 6.07 Å². The monoisotopic (exact) mass is 266 g/mol. The molecule has 0 saturated heterocycles. The number of hydrogen-bond donors (Lipinski definition) is 1. The Morgan fingerprint density at radius 3 is 2.72 bits per heavy atom. The van der Waals surface area contributed by atoms with Crippen LogP contribution in [-0.2, 0) is 0 Å². The van der Waals surface area contributed by atoms with Crippen LogP contribution in [0.5, 0.6) is 0 Å². The van der Waals surface area contributed by atoms with E-state index in [2.05, 4.69) is 11.6 Å². The molecule has 4 heteroatoms. The molecule has 0 saturated carbocycles. The number of thioether (sulfide) groups is 1. The molecule has 0 unspecified atom stereocenters. The van der Waals surface area contributed by atoms with E-state index in [-0.39, 0.29) is 5.82 Å². The van der Waals surface area contributed by atoms with Gasteiger partial charge >= 0.3 is 0 Å². The lowest BCUT2D eigenvalue weighted by Gasteiger charge is -2.07. The van der Waals surface area contributed by atoms with Crippen molar-refractivity contribution < 1.29 is 4.39 Å². The Bertz CT molecular complexity index is 401. The van der Waals surface area contributed by atoms with Crippen LogP contribution in [0.2, 0.25) is 0 Å². The molecular formula is C14H19FN2S. The van der Waals surface area contributed by atoms with Gasteiger partial charge in [0, 0.05) is 6.54 Å². The number of nitrogens with one attached hydrogen (secondary N) is 1. The van der Waals surface area contributed by atoms with Gasteiger partial charge in [0.15, 0.2) is 0 Å². The molecular weight excluding hydrogens is 247 g/mol. The Morgan fingerprint density at radius 2 is 2.06 bits per heavy atom. The van der Waals surface area contributed by atoms with E-state index in [0.717, 1.165) is 13.0 Å². The highest BCUT2D eigenvalue weighted by molar-refractivity contribution is 7.98. The average molecular weight is 266 g/mol. The zero-order chi connectivity index (χ0) is 13.2. The number of nitriles is 1. The van der Waals surface area contributed by atoms with Gasteiger partial charge in [-0.2, -0.15) is 17.0 Å². The van der Waals surface area contributed by atoms with Crippen molar-refractivity contribution in [3.05, 3.63) is 29.6 Å². The maximum atomic E-state index is 13.5. The number of anilines is 1. The second kappa shape index (κ2) is 8.82. The maximum absolute atomic E-state index is 13.5. The number of benzene rings is 1. The van der Waals surface area contributed by atoms with E-state index in [1.54, 1.807) is 12.1 Å². The highest BCUT2D eigenvalue weighted by Crippen LogP contribution is 2.15. The SMILES string of the molecule is CSCCCCCCNc1ccc(C#N)cc1F. The summed E-state index contributed by atoms with van der Waals surface area (Å²) in [5.74, 6) is 0.869. The Hall–Kier alpha value is -1.21. The van der Waals surface area contributed by atoms with Gasteiger partial charge in [-0.15, -0.1) is 0 Å². The first kappa shape index (κ1) is 14.8. The minimum Gasteiger partial charge on any atom is -0.383 e. The topological polar surface area (TPSA) is 35.8 Å². The summed E-state index contributed by atoms with van der Waals surface area (Å²) in [5, 5.41) is 11.7. The lowest BCUT2D eigenvalue weighted by atomic mass is 10.2. The summed E-state index contributed by atoms with van der Waals surface area (Å²) in [6.07, 6.45) is 6.83. The fraction of sp³-hybridized carbons (Fsp3) is 0.500. The Morgan fingerprint density at radius 1 is 1.28 bits per heavy atom. The Balaban J connectivity index is 2.21. The second-order valence-electron chi connectivity index (χ2n) is 4.14. The zero-order valence-corrected chi connectivity index (χ0v) is 11.5. The number of hydrogen-bond acceptors (Lipinski definition) is 3. The Kier molecular flexibility index (Phi) is 7.28. The molecule has 0 aliphatic heterocycles. The summed E-state index contributed by atoms with van der Waals surface area (Å²) in [4.78, 5) is 0. The van der Waals surface area contributed by atoms with E-state index in [0.29, 0.717) is 11.3 Å². The lowest BCUT2D eigenvalue weighted by Crippen LogP contribution is -2.03. The van der Waals surface area contributed by atoms with E-state index < -0.39 is 0 Å². The van der Waals surface area contributed by atoms with Crippen LogP contribution < -0.4 is 5.32 Å². The van der Waals surface area contributed by atoms with Crippen LogP contribution in [0, 0.1) is 17.1 Å². The number of nitrogens with zero attached hydrogens (tertiary/aromatic N) is 1. The molecule has 18 heavy (non-hydrogen) atoms. The molecule has 0 atom stereocenters. The van der Waals surface area contributed by atoms with Crippen LogP contribution in [0.15, 0.2) is 18.2 Å². The normalized spacial score (nSPS) is 10.1. The van der Waals surface area contributed by atoms with Crippen LogP contribution in [-0.4, -0.2) is 18.6 Å². The van der Waals surface area contributed by atoms with Gasteiger partial charge in [-0.05, 0) is 43.0 Å². The molecule has 0 bridgehead atoms. The summed E-state index contributed by atoms with van der Waals surface area (Å²) >= 11 is 1.88. The van der Waals surface area contributed by atoms with Crippen molar-refractivity contribution in [2.45, 2.75) is 25.7 Å². The highest BCUT2D eigenvalue weighted by Gasteiger charge is 2.02. The van der Waals surface area contributed by atoms with Gasteiger partial charge < -0.3 is 5.32 Å². The predicted molar refractivity (Wildman–Crippen MR) is 76.5 cm³/mol. The molecule has 0 fully saturated rings. The van der Waals surface area contributed by atoms with Crippen LogP contribution >= 0.6 is 11.8 Å². The largest absolute Gasteiger partial charge is 0.383 e. The third kappa shape index (κ3) is 5.42. The minimum atomic E-state index is -0.351. The van der Waals surface area contributed by atoms with Crippen LogP contribution in [0.3, 0.4) is 0 Å². The van der Waals surface area contributed by atoms with Crippen LogP contribution in [0.4, 0.5) is 10.1 Å². The smallest absolute Gasteiger partial charge is 0.147 e. The van der Waals surface area contributed by atoms with E-state index in [4.69, 9.17) is 5.26 Å². The molecule has 1 rings (SSSR count). The summed E-state index contributed by atoms with van der Waals surface area (Å²) < 4.78 is 13.5. The molecule has 0 aliphatic carbocycles. The summed E-state index contributed by atoms with van der Waals surface area (Å²) in [6.45, 7) is 0.780. The highest BCUT2D eigenvalue weighted by atomic mass is 32.2. The van der Waals surface area contributed by atoms with Gasteiger partial charge in [0.05, 0.1) is 17.3 Å². The first-order valence-corrected chi connectivity index (χ1v) is 7.59. The van der Waals surface area contributed by atoms with Gasteiger partial charge in [0.1, 0.15) is 5.82 Å².